The molecule has 0 aromatic carbocycles. The molecule has 0 bridgehead atoms. The van der Waals surface area contributed by atoms with Gasteiger partial charge in [-0.05, 0) is 40.2 Å². The molecule has 0 spiro atoms. The number of hydrogen-bond donors (Lipinski definition) is 1. The predicted octanol–water partition coefficient (Wildman–Crippen LogP) is 0.911. The van der Waals surface area contributed by atoms with E-state index in [1.165, 1.54) is 0 Å². The quantitative estimate of drug-likeness (QED) is 0.784. The van der Waals surface area contributed by atoms with Gasteiger partial charge in [0.25, 0.3) is 0 Å². The number of nitrogens with one attached hydrogen (secondary N) is 1. The zero-order valence-electron chi connectivity index (χ0n) is 10.2. The largest absolute Gasteiger partial charge is 0.305 e. The van der Waals surface area contributed by atoms with E-state index in [0.717, 1.165) is 19.4 Å². The lowest BCUT2D eigenvalue weighted by molar-refractivity contribution is -0.123. The van der Waals surface area contributed by atoms with Crippen molar-refractivity contribution in [2.45, 2.75) is 50.8 Å². The number of carbonyl (C=O) groups is 1. The van der Waals surface area contributed by atoms with Crippen molar-refractivity contribution in [1.29, 1.82) is 0 Å². The highest BCUT2D eigenvalue weighted by atomic mass is 32.2. The van der Waals surface area contributed by atoms with Crippen LogP contribution in [0.4, 0.5) is 0 Å². The molecule has 0 aliphatic carbocycles. The van der Waals surface area contributed by atoms with E-state index in [1.54, 1.807) is 13.8 Å². The second kappa shape index (κ2) is 4.84. The summed E-state index contributed by atoms with van der Waals surface area (Å²) in [5.41, 5.74) is -0.494. The maximum atomic E-state index is 11.9. The van der Waals surface area contributed by atoms with E-state index in [1.807, 2.05) is 6.92 Å². The normalized spacial score (nSPS) is 26.2. The lowest BCUT2D eigenvalue weighted by Gasteiger charge is -2.22. The van der Waals surface area contributed by atoms with Crippen molar-refractivity contribution in [3.8, 4) is 0 Å². The molecule has 1 saturated heterocycles. The van der Waals surface area contributed by atoms with E-state index >= 15 is 0 Å². The molecule has 0 radical (unpaired) electrons. The minimum Gasteiger partial charge on any atom is -0.305 e. The number of sulfone groups is 1. The summed E-state index contributed by atoms with van der Waals surface area (Å²) in [4.78, 5) is 11.9. The molecule has 0 saturated carbocycles. The van der Waals surface area contributed by atoms with Crippen LogP contribution in [0.5, 0.6) is 0 Å². The molecule has 1 unspecified atom stereocenters. The van der Waals surface area contributed by atoms with Crippen LogP contribution in [-0.4, -0.2) is 37.3 Å². The average molecular weight is 247 g/mol. The minimum absolute atomic E-state index is 0.0224. The van der Waals surface area contributed by atoms with Crippen LogP contribution in [0.25, 0.3) is 0 Å². The van der Waals surface area contributed by atoms with Gasteiger partial charge < -0.3 is 5.32 Å². The molecule has 1 rings (SSSR count). The fraction of sp³-hybridized carbons (Fsp3) is 0.909. The number of rotatable bonds is 5. The average Bonchev–Trinajstić information content (AvgIpc) is 2.62. The van der Waals surface area contributed by atoms with Gasteiger partial charge in [0.05, 0.1) is 16.5 Å². The summed E-state index contributed by atoms with van der Waals surface area (Å²) in [5, 5.41) is 2.76. The zero-order valence-corrected chi connectivity index (χ0v) is 11.1. The molecule has 1 aliphatic heterocycles. The molecule has 5 heteroatoms. The first-order valence-electron chi connectivity index (χ1n) is 5.78. The molecule has 0 aromatic rings. The Balaban J connectivity index is 2.53. The third-order valence-corrected chi connectivity index (χ3v) is 5.53. The second-order valence-corrected chi connectivity index (χ2v) is 7.63. The molecular weight excluding hydrogens is 226 g/mol. The highest BCUT2D eigenvalue weighted by Crippen LogP contribution is 2.21. The van der Waals surface area contributed by atoms with Gasteiger partial charge in [-0.3, -0.25) is 4.79 Å². The number of Topliss-reactive ketones (excluding diaryl/α,β-unsaturated/α-hetero) is 1. The third kappa shape index (κ3) is 3.04. The van der Waals surface area contributed by atoms with Crippen LogP contribution in [0.1, 0.15) is 40.0 Å². The SMILES string of the molecule is CC(C)S(=O)(=O)CCC(=O)C1(C)CCCN1. The van der Waals surface area contributed by atoms with Gasteiger partial charge in [0.1, 0.15) is 0 Å². The monoisotopic (exact) mass is 247 g/mol. The summed E-state index contributed by atoms with van der Waals surface area (Å²) in [7, 11) is -3.10. The van der Waals surface area contributed by atoms with Crippen LogP contribution in [0, 0.1) is 0 Å². The molecule has 1 N–H and O–H groups in total. The topological polar surface area (TPSA) is 63.2 Å². The summed E-state index contributed by atoms with van der Waals surface area (Å²) in [6.45, 7) is 6.01. The summed E-state index contributed by atoms with van der Waals surface area (Å²) in [5.74, 6) is -0.00458. The smallest absolute Gasteiger partial charge is 0.153 e. The zero-order chi connectivity index (χ0) is 12.4. The maximum Gasteiger partial charge on any atom is 0.153 e. The molecular formula is C11H21NO3S. The summed E-state index contributed by atoms with van der Waals surface area (Å²) >= 11 is 0. The Morgan fingerprint density at radius 3 is 2.50 bits per heavy atom. The summed E-state index contributed by atoms with van der Waals surface area (Å²) < 4.78 is 23.2. The van der Waals surface area contributed by atoms with Crippen molar-refractivity contribution < 1.29 is 13.2 Å². The van der Waals surface area contributed by atoms with Gasteiger partial charge >= 0.3 is 0 Å². The van der Waals surface area contributed by atoms with Crippen LogP contribution in [0.3, 0.4) is 0 Å². The molecule has 16 heavy (non-hydrogen) atoms. The first-order valence-corrected chi connectivity index (χ1v) is 7.49. The Morgan fingerprint density at radius 2 is 2.06 bits per heavy atom. The van der Waals surface area contributed by atoms with Gasteiger partial charge in [0, 0.05) is 6.42 Å². The standard InChI is InChI=1S/C11H21NO3S/c1-9(2)16(14,15)8-5-10(13)11(3)6-4-7-12-11/h9,12H,4-8H2,1-3H3. The lowest BCUT2D eigenvalue weighted by atomic mass is 9.93. The first-order chi connectivity index (χ1) is 7.28. The Morgan fingerprint density at radius 1 is 1.44 bits per heavy atom. The van der Waals surface area contributed by atoms with Gasteiger partial charge in [0.15, 0.2) is 15.6 Å². The molecule has 1 fully saturated rings. The van der Waals surface area contributed by atoms with Gasteiger partial charge in [-0.15, -0.1) is 0 Å². The van der Waals surface area contributed by atoms with E-state index < -0.39 is 20.6 Å². The van der Waals surface area contributed by atoms with Crippen LogP contribution >= 0.6 is 0 Å². The molecule has 1 atom stereocenters. The van der Waals surface area contributed by atoms with Crippen molar-refractivity contribution >= 4 is 15.6 Å². The Bertz CT molecular complexity index is 353. The van der Waals surface area contributed by atoms with E-state index in [9.17, 15) is 13.2 Å². The fourth-order valence-corrected chi connectivity index (χ4v) is 2.82. The van der Waals surface area contributed by atoms with Gasteiger partial charge in [-0.2, -0.15) is 0 Å². The van der Waals surface area contributed by atoms with Crippen LogP contribution in [0.2, 0.25) is 0 Å². The first kappa shape index (κ1) is 13.6. The number of carbonyl (C=O) groups excluding carboxylic acids is 1. The number of hydrogen-bond acceptors (Lipinski definition) is 4. The highest BCUT2D eigenvalue weighted by Gasteiger charge is 2.35. The summed E-state index contributed by atoms with van der Waals surface area (Å²) in [6, 6.07) is 0. The van der Waals surface area contributed by atoms with Gasteiger partial charge in [-0.1, -0.05) is 0 Å². The minimum atomic E-state index is -3.10. The van der Waals surface area contributed by atoms with E-state index in [-0.39, 0.29) is 18.0 Å². The van der Waals surface area contributed by atoms with Crippen LogP contribution < -0.4 is 5.32 Å². The second-order valence-electron chi connectivity index (χ2n) is 4.95. The molecule has 0 amide bonds. The van der Waals surface area contributed by atoms with E-state index in [2.05, 4.69) is 5.32 Å². The van der Waals surface area contributed by atoms with E-state index in [0.29, 0.717) is 0 Å². The van der Waals surface area contributed by atoms with Crippen LogP contribution in [0.15, 0.2) is 0 Å². The third-order valence-electron chi connectivity index (χ3n) is 3.32. The van der Waals surface area contributed by atoms with Crippen molar-refractivity contribution in [3.63, 3.8) is 0 Å². The Kier molecular flexibility index (Phi) is 4.12. The molecule has 0 aromatic heterocycles. The van der Waals surface area contributed by atoms with Crippen molar-refractivity contribution in [2.24, 2.45) is 0 Å². The van der Waals surface area contributed by atoms with Crippen molar-refractivity contribution in [1.82, 2.24) is 5.32 Å². The van der Waals surface area contributed by atoms with E-state index in [4.69, 9.17) is 0 Å². The van der Waals surface area contributed by atoms with Gasteiger partial charge in [0.2, 0.25) is 0 Å². The fourth-order valence-electron chi connectivity index (χ4n) is 1.88. The molecule has 4 nitrogen and oxygen atoms in total. The summed E-state index contributed by atoms with van der Waals surface area (Å²) in [6.07, 6.45) is 1.93. The predicted molar refractivity (Wildman–Crippen MR) is 64.2 cm³/mol. The van der Waals surface area contributed by atoms with Crippen LogP contribution in [-0.2, 0) is 14.6 Å². The van der Waals surface area contributed by atoms with Gasteiger partial charge in [-0.25, -0.2) is 8.42 Å². The molecule has 1 heterocycles. The highest BCUT2D eigenvalue weighted by molar-refractivity contribution is 7.91. The maximum absolute atomic E-state index is 11.9. The number of ketones is 1. The molecule has 94 valence electrons. The molecule has 1 aliphatic rings. The Hall–Kier alpha value is -0.420. The van der Waals surface area contributed by atoms with Crippen molar-refractivity contribution in [2.75, 3.05) is 12.3 Å². The Labute approximate surface area is 97.7 Å². The van der Waals surface area contributed by atoms with Crippen molar-refractivity contribution in [3.05, 3.63) is 0 Å². The lowest BCUT2D eigenvalue weighted by Crippen LogP contribution is -2.45.